The molecule has 1 aliphatic rings. The molecule has 0 saturated carbocycles. The van der Waals surface area contributed by atoms with E-state index in [4.69, 9.17) is 0 Å². The minimum atomic E-state index is 0.674. The van der Waals surface area contributed by atoms with Crippen LogP contribution in [0.5, 0.6) is 0 Å². The first-order valence-electron chi connectivity index (χ1n) is 8.60. The van der Waals surface area contributed by atoms with Crippen LogP contribution < -0.4 is 4.90 Å². The molecule has 0 unspecified atom stereocenters. The maximum absolute atomic E-state index is 4.60. The molecule has 0 amide bonds. The maximum Gasteiger partial charge on any atom is 0.185 e. The Hall–Kier alpha value is -1.40. The van der Waals surface area contributed by atoms with Gasteiger partial charge in [-0.15, -0.1) is 11.3 Å². The minimum Gasteiger partial charge on any atom is -0.349 e. The van der Waals surface area contributed by atoms with Crippen molar-refractivity contribution in [2.24, 2.45) is 7.05 Å². The van der Waals surface area contributed by atoms with Crippen molar-refractivity contribution >= 4 is 16.5 Å². The van der Waals surface area contributed by atoms with Crippen LogP contribution in [0.3, 0.4) is 0 Å². The molecule has 1 aliphatic heterocycles. The molecule has 1 saturated heterocycles. The zero-order chi connectivity index (χ0) is 16.2. The second-order valence-electron chi connectivity index (χ2n) is 6.28. The first-order valence-corrected chi connectivity index (χ1v) is 9.41. The lowest BCUT2D eigenvalue weighted by molar-refractivity contribution is 0.206. The van der Waals surface area contributed by atoms with E-state index in [1.165, 1.54) is 23.3 Å². The summed E-state index contributed by atoms with van der Waals surface area (Å²) < 4.78 is 1.91. The van der Waals surface area contributed by atoms with Crippen LogP contribution in [-0.2, 0) is 13.6 Å². The number of likely N-dealkylation sites (tertiary alicyclic amines) is 1. The molecule has 0 radical (unpaired) electrons. The van der Waals surface area contributed by atoms with Crippen molar-refractivity contribution in [1.29, 1.82) is 0 Å². The summed E-state index contributed by atoms with van der Waals surface area (Å²) in [7, 11) is 2.00. The Kier molecular flexibility index (Phi) is 5.33. The fraction of sp³-hybridized carbons (Fsp3) is 0.647. The Morgan fingerprint density at radius 3 is 2.57 bits per heavy atom. The summed E-state index contributed by atoms with van der Waals surface area (Å²) in [4.78, 5) is 10.9. The number of nitrogens with zero attached hydrogens (tertiary/aromatic N) is 5. The van der Waals surface area contributed by atoms with E-state index < -0.39 is 0 Å². The summed E-state index contributed by atoms with van der Waals surface area (Å²) in [5.74, 6) is 0.674. The van der Waals surface area contributed by atoms with E-state index in [9.17, 15) is 0 Å². The highest BCUT2D eigenvalue weighted by Crippen LogP contribution is 2.29. The zero-order valence-electron chi connectivity index (χ0n) is 14.4. The van der Waals surface area contributed by atoms with Gasteiger partial charge in [-0.05, 0) is 51.3 Å². The van der Waals surface area contributed by atoms with Gasteiger partial charge in [0.15, 0.2) is 5.13 Å². The highest BCUT2D eigenvalue weighted by Gasteiger charge is 2.22. The zero-order valence-corrected chi connectivity index (χ0v) is 15.2. The normalized spacial score (nSPS) is 16.8. The van der Waals surface area contributed by atoms with Crippen molar-refractivity contribution in [3.8, 4) is 0 Å². The number of anilines is 1. The predicted octanol–water partition coefficient (Wildman–Crippen LogP) is 3.10. The van der Waals surface area contributed by atoms with E-state index in [1.807, 2.05) is 29.3 Å². The molecule has 0 N–H and O–H groups in total. The average Bonchev–Trinajstić information content (AvgIpc) is 3.19. The molecule has 23 heavy (non-hydrogen) atoms. The highest BCUT2D eigenvalue weighted by atomic mass is 32.1. The van der Waals surface area contributed by atoms with E-state index >= 15 is 0 Å². The van der Waals surface area contributed by atoms with Crippen LogP contribution in [0.15, 0.2) is 18.6 Å². The van der Waals surface area contributed by atoms with Crippen LogP contribution in [-0.4, -0.2) is 45.8 Å². The van der Waals surface area contributed by atoms with Crippen molar-refractivity contribution in [2.45, 2.75) is 39.2 Å². The number of thiazole rings is 1. The number of aryl methyl sites for hydroxylation is 1. The van der Waals surface area contributed by atoms with E-state index in [1.54, 1.807) is 0 Å². The summed E-state index contributed by atoms with van der Waals surface area (Å²) in [5, 5.41) is 5.47. The smallest absolute Gasteiger partial charge is 0.185 e. The van der Waals surface area contributed by atoms with Gasteiger partial charge in [0.2, 0.25) is 0 Å². The van der Waals surface area contributed by atoms with Crippen LogP contribution >= 0.6 is 11.3 Å². The fourth-order valence-electron chi connectivity index (χ4n) is 3.31. The first-order chi connectivity index (χ1) is 11.2. The Morgan fingerprint density at radius 1 is 1.22 bits per heavy atom. The second-order valence-corrected chi connectivity index (χ2v) is 7.37. The molecule has 0 aliphatic carbocycles. The molecule has 6 heteroatoms. The van der Waals surface area contributed by atoms with E-state index in [0.29, 0.717) is 5.92 Å². The number of hydrogen-bond donors (Lipinski definition) is 0. The minimum absolute atomic E-state index is 0.674. The SMILES string of the molecule is CCN(CC)c1ncc(CN2CCC(c3cnn(C)c3)CC2)s1. The third-order valence-corrected chi connectivity index (χ3v) is 5.78. The van der Waals surface area contributed by atoms with Crippen LogP contribution in [0.25, 0.3) is 0 Å². The van der Waals surface area contributed by atoms with Gasteiger partial charge in [0.1, 0.15) is 0 Å². The fourth-order valence-corrected chi connectivity index (χ4v) is 4.39. The molecule has 2 aromatic rings. The molecule has 1 fully saturated rings. The molecular formula is C17H27N5S. The summed E-state index contributed by atoms with van der Waals surface area (Å²) in [6.07, 6.45) is 8.71. The van der Waals surface area contributed by atoms with Gasteiger partial charge in [-0.3, -0.25) is 9.58 Å². The van der Waals surface area contributed by atoms with Crippen molar-refractivity contribution in [3.05, 3.63) is 29.0 Å². The molecule has 0 atom stereocenters. The van der Waals surface area contributed by atoms with Crippen molar-refractivity contribution in [2.75, 3.05) is 31.1 Å². The van der Waals surface area contributed by atoms with Crippen LogP contribution in [0.1, 0.15) is 43.0 Å². The van der Waals surface area contributed by atoms with Gasteiger partial charge < -0.3 is 4.90 Å². The lowest BCUT2D eigenvalue weighted by Gasteiger charge is -2.31. The van der Waals surface area contributed by atoms with Gasteiger partial charge in [0.25, 0.3) is 0 Å². The van der Waals surface area contributed by atoms with Gasteiger partial charge in [0, 0.05) is 44.0 Å². The monoisotopic (exact) mass is 333 g/mol. The van der Waals surface area contributed by atoms with Gasteiger partial charge in [-0.1, -0.05) is 0 Å². The second kappa shape index (κ2) is 7.45. The largest absolute Gasteiger partial charge is 0.349 e. The lowest BCUT2D eigenvalue weighted by atomic mass is 9.91. The Morgan fingerprint density at radius 2 is 1.96 bits per heavy atom. The van der Waals surface area contributed by atoms with Gasteiger partial charge >= 0.3 is 0 Å². The summed E-state index contributed by atoms with van der Waals surface area (Å²) in [6, 6.07) is 0. The number of hydrogen-bond acceptors (Lipinski definition) is 5. The van der Waals surface area contributed by atoms with Crippen molar-refractivity contribution in [3.63, 3.8) is 0 Å². The van der Waals surface area contributed by atoms with Gasteiger partial charge in [-0.2, -0.15) is 5.10 Å². The van der Waals surface area contributed by atoms with E-state index in [2.05, 4.69) is 46.1 Å². The van der Waals surface area contributed by atoms with E-state index in [-0.39, 0.29) is 0 Å². The molecule has 3 heterocycles. The lowest BCUT2D eigenvalue weighted by Crippen LogP contribution is -2.32. The van der Waals surface area contributed by atoms with Gasteiger partial charge in [-0.25, -0.2) is 4.98 Å². The first kappa shape index (κ1) is 16.5. The molecule has 2 aromatic heterocycles. The maximum atomic E-state index is 4.60. The molecule has 5 nitrogen and oxygen atoms in total. The molecule has 0 aromatic carbocycles. The quantitative estimate of drug-likeness (QED) is 0.814. The molecular weight excluding hydrogens is 306 g/mol. The Bertz CT molecular complexity index is 608. The summed E-state index contributed by atoms with van der Waals surface area (Å²) >= 11 is 1.84. The van der Waals surface area contributed by atoms with Crippen LogP contribution in [0.4, 0.5) is 5.13 Å². The standard InChI is InChI=1S/C17H27N5S/c1-4-22(5-2)17-18-11-16(23-17)13-21-8-6-14(7-9-21)15-10-19-20(3)12-15/h10-12,14H,4-9,13H2,1-3H3. The summed E-state index contributed by atoms with van der Waals surface area (Å²) in [5.41, 5.74) is 1.40. The topological polar surface area (TPSA) is 37.2 Å². The molecule has 0 spiro atoms. The number of rotatable bonds is 6. The average molecular weight is 334 g/mol. The number of piperidine rings is 1. The van der Waals surface area contributed by atoms with Crippen molar-refractivity contribution in [1.82, 2.24) is 19.7 Å². The predicted molar refractivity (Wildman–Crippen MR) is 96.1 cm³/mol. The molecule has 0 bridgehead atoms. The van der Waals surface area contributed by atoms with Crippen molar-refractivity contribution < 1.29 is 0 Å². The van der Waals surface area contributed by atoms with Crippen LogP contribution in [0, 0.1) is 0 Å². The Labute approximate surface area is 142 Å². The van der Waals surface area contributed by atoms with Gasteiger partial charge in [0.05, 0.1) is 6.20 Å². The number of aromatic nitrogens is 3. The Balaban J connectivity index is 1.52. The third-order valence-electron chi connectivity index (χ3n) is 4.74. The summed E-state index contributed by atoms with van der Waals surface area (Å²) in [6.45, 7) is 9.80. The molecule has 3 rings (SSSR count). The van der Waals surface area contributed by atoms with Crippen LogP contribution in [0.2, 0.25) is 0 Å². The highest BCUT2D eigenvalue weighted by molar-refractivity contribution is 7.15. The van der Waals surface area contributed by atoms with E-state index in [0.717, 1.165) is 37.9 Å². The third kappa shape index (κ3) is 3.93. The molecule has 126 valence electrons.